The highest BCUT2D eigenvalue weighted by atomic mass is 15.0. The summed E-state index contributed by atoms with van der Waals surface area (Å²) in [6.45, 7) is 4.45. The summed E-state index contributed by atoms with van der Waals surface area (Å²) in [6.07, 6.45) is 6.63. The van der Waals surface area contributed by atoms with Crippen LogP contribution in [0.5, 0.6) is 0 Å². The SMILES string of the molecule is Cc1[nH]c(C2CCCNC2)nc1C1CCC1. The van der Waals surface area contributed by atoms with Crippen LogP contribution in [0.3, 0.4) is 0 Å². The van der Waals surface area contributed by atoms with Gasteiger partial charge in [-0.3, -0.25) is 0 Å². The topological polar surface area (TPSA) is 40.7 Å². The van der Waals surface area contributed by atoms with Crippen LogP contribution in [0.25, 0.3) is 0 Å². The number of hydrogen-bond acceptors (Lipinski definition) is 2. The monoisotopic (exact) mass is 219 g/mol. The molecule has 0 bridgehead atoms. The van der Waals surface area contributed by atoms with Gasteiger partial charge in [0.15, 0.2) is 0 Å². The molecule has 1 saturated heterocycles. The Morgan fingerprint density at radius 2 is 1.94 bits per heavy atom. The van der Waals surface area contributed by atoms with E-state index in [9.17, 15) is 0 Å². The molecule has 1 aromatic rings. The van der Waals surface area contributed by atoms with Gasteiger partial charge in [-0.25, -0.2) is 4.98 Å². The van der Waals surface area contributed by atoms with Gasteiger partial charge in [0.2, 0.25) is 0 Å². The van der Waals surface area contributed by atoms with E-state index in [-0.39, 0.29) is 0 Å². The molecule has 2 N–H and O–H groups in total. The summed E-state index contributed by atoms with van der Waals surface area (Å²) in [5.41, 5.74) is 2.66. The summed E-state index contributed by atoms with van der Waals surface area (Å²) in [7, 11) is 0. The second kappa shape index (κ2) is 4.21. The van der Waals surface area contributed by atoms with Gasteiger partial charge in [-0.2, -0.15) is 0 Å². The van der Waals surface area contributed by atoms with Crippen molar-refractivity contribution in [3.63, 3.8) is 0 Å². The molecule has 3 nitrogen and oxygen atoms in total. The average molecular weight is 219 g/mol. The first-order valence-electron chi connectivity index (χ1n) is 6.61. The predicted molar refractivity (Wildman–Crippen MR) is 64.8 cm³/mol. The molecule has 0 spiro atoms. The molecule has 1 unspecified atom stereocenters. The quantitative estimate of drug-likeness (QED) is 0.802. The number of imidazole rings is 1. The van der Waals surface area contributed by atoms with E-state index in [0.29, 0.717) is 5.92 Å². The summed E-state index contributed by atoms with van der Waals surface area (Å²) in [4.78, 5) is 8.37. The van der Waals surface area contributed by atoms with Crippen molar-refractivity contribution >= 4 is 0 Å². The number of H-pyrrole nitrogens is 1. The Morgan fingerprint density at radius 3 is 2.56 bits per heavy atom. The van der Waals surface area contributed by atoms with Crippen LogP contribution in [0.4, 0.5) is 0 Å². The molecule has 1 aliphatic heterocycles. The first kappa shape index (κ1) is 10.3. The van der Waals surface area contributed by atoms with E-state index in [4.69, 9.17) is 4.98 Å². The number of nitrogens with zero attached hydrogens (tertiary/aromatic N) is 1. The van der Waals surface area contributed by atoms with E-state index in [1.54, 1.807) is 0 Å². The first-order valence-corrected chi connectivity index (χ1v) is 6.61. The Morgan fingerprint density at radius 1 is 1.12 bits per heavy atom. The van der Waals surface area contributed by atoms with Gasteiger partial charge in [-0.1, -0.05) is 6.42 Å². The van der Waals surface area contributed by atoms with Crippen LogP contribution in [-0.2, 0) is 0 Å². The van der Waals surface area contributed by atoms with Crippen LogP contribution in [-0.4, -0.2) is 23.1 Å². The zero-order chi connectivity index (χ0) is 11.0. The Kier molecular flexibility index (Phi) is 2.72. The Labute approximate surface area is 97.0 Å². The molecule has 3 heteroatoms. The van der Waals surface area contributed by atoms with Crippen molar-refractivity contribution in [1.82, 2.24) is 15.3 Å². The van der Waals surface area contributed by atoms with Crippen molar-refractivity contribution in [3.05, 3.63) is 17.2 Å². The van der Waals surface area contributed by atoms with E-state index >= 15 is 0 Å². The maximum Gasteiger partial charge on any atom is 0.110 e. The van der Waals surface area contributed by atoms with Gasteiger partial charge in [0.05, 0.1) is 5.69 Å². The number of nitrogens with one attached hydrogen (secondary N) is 2. The molecule has 1 aromatic heterocycles. The van der Waals surface area contributed by atoms with Gasteiger partial charge in [-0.05, 0) is 39.2 Å². The molecular weight excluding hydrogens is 198 g/mol. The van der Waals surface area contributed by atoms with E-state index in [1.165, 1.54) is 55.9 Å². The van der Waals surface area contributed by atoms with Gasteiger partial charge in [0.25, 0.3) is 0 Å². The minimum absolute atomic E-state index is 0.612. The van der Waals surface area contributed by atoms with Crippen LogP contribution < -0.4 is 5.32 Å². The zero-order valence-electron chi connectivity index (χ0n) is 10.1. The van der Waals surface area contributed by atoms with Crippen LogP contribution in [0.2, 0.25) is 0 Å². The molecular formula is C13H21N3. The van der Waals surface area contributed by atoms with Crippen molar-refractivity contribution in [2.45, 2.75) is 50.9 Å². The molecule has 0 amide bonds. The summed E-state index contributed by atoms with van der Waals surface area (Å²) < 4.78 is 0. The van der Waals surface area contributed by atoms with E-state index in [2.05, 4.69) is 17.2 Å². The van der Waals surface area contributed by atoms with Crippen LogP contribution in [0.15, 0.2) is 0 Å². The van der Waals surface area contributed by atoms with Gasteiger partial charge in [-0.15, -0.1) is 0 Å². The van der Waals surface area contributed by atoms with Crippen LogP contribution >= 0.6 is 0 Å². The molecule has 3 rings (SSSR count). The van der Waals surface area contributed by atoms with E-state index in [0.717, 1.165) is 12.5 Å². The lowest BCUT2D eigenvalue weighted by Gasteiger charge is -2.24. The van der Waals surface area contributed by atoms with E-state index in [1.807, 2.05) is 0 Å². The number of aryl methyl sites for hydroxylation is 1. The molecule has 2 aliphatic rings. The largest absolute Gasteiger partial charge is 0.346 e. The van der Waals surface area contributed by atoms with E-state index < -0.39 is 0 Å². The molecule has 0 aromatic carbocycles. The third kappa shape index (κ3) is 1.77. The van der Waals surface area contributed by atoms with Crippen molar-refractivity contribution in [2.24, 2.45) is 0 Å². The minimum Gasteiger partial charge on any atom is -0.346 e. The second-order valence-corrected chi connectivity index (χ2v) is 5.30. The standard InChI is InChI=1S/C13H21N3/c1-9-12(10-4-2-5-10)16-13(15-9)11-6-3-7-14-8-11/h10-11,14H,2-8H2,1H3,(H,15,16). The molecule has 1 atom stereocenters. The summed E-state index contributed by atoms with van der Waals surface area (Å²) >= 11 is 0. The highest BCUT2D eigenvalue weighted by Gasteiger charge is 2.26. The maximum absolute atomic E-state index is 4.86. The Bertz CT molecular complexity index is 359. The molecule has 0 radical (unpaired) electrons. The number of rotatable bonds is 2. The summed E-state index contributed by atoms with van der Waals surface area (Å²) in [5.74, 6) is 2.59. The predicted octanol–water partition coefficient (Wildman–Crippen LogP) is 2.45. The number of hydrogen-bond donors (Lipinski definition) is 2. The number of aromatic nitrogens is 2. The van der Waals surface area contributed by atoms with Gasteiger partial charge in [0, 0.05) is 24.1 Å². The van der Waals surface area contributed by atoms with Crippen molar-refractivity contribution in [1.29, 1.82) is 0 Å². The van der Waals surface area contributed by atoms with Crippen molar-refractivity contribution < 1.29 is 0 Å². The lowest BCUT2D eigenvalue weighted by Crippen LogP contribution is -2.29. The van der Waals surface area contributed by atoms with Gasteiger partial charge in [0.1, 0.15) is 5.82 Å². The first-order chi connectivity index (χ1) is 7.84. The van der Waals surface area contributed by atoms with Gasteiger partial charge >= 0.3 is 0 Å². The maximum atomic E-state index is 4.86. The fourth-order valence-electron chi connectivity index (χ4n) is 2.86. The molecule has 2 fully saturated rings. The fraction of sp³-hybridized carbons (Fsp3) is 0.769. The smallest absolute Gasteiger partial charge is 0.110 e. The summed E-state index contributed by atoms with van der Waals surface area (Å²) in [6, 6.07) is 0. The van der Waals surface area contributed by atoms with Crippen LogP contribution in [0.1, 0.15) is 61.2 Å². The highest BCUT2D eigenvalue weighted by Crippen LogP contribution is 2.37. The Balaban J connectivity index is 1.79. The van der Waals surface area contributed by atoms with Crippen LogP contribution in [0, 0.1) is 6.92 Å². The molecule has 88 valence electrons. The molecule has 1 aliphatic carbocycles. The Hall–Kier alpha value is -0.830. The molecule has 1 saturated carbocycles. The zero-order valence-corrected chi connectivity index (χ0v) is 10.1. The van der Waals surface area contributed by atoms with Crippen molar-refractivity contribution in [3.8, 4) is 0 Å². The third-order valence-corrected chi connectivity index (χ3v) is 4.12. The lowest BCUT2D eigenvalue weighted by molar-refractivity contribution is 0.408. The normalized spacial score (nSPS) is 26.7. The third-order valence-electron chi connectivity index (χ3n) is 4.12. The second-order valence-electron chi connectivity index (χ2n) is 5.30. The molecule has 2 heterocycles. The summed E-state index contributed by atoms with van der Waals surface area (Å²) in [5, 5.41) is 3.46. The number of aromatic amines is 1. The van der Waals surface area contributed by atoms with Crippen molar-refractivity contribution in [2.75, 3.05) is 13.1 Å². The fourth-order valence-corrected chi connectivity index (χ4v) is 2.86. The van der Waals surface area contributed by atoms with Gasteiger partial charge < -0.3 is 10.3 Å². The molecule has 16 heavy (non-hydrogen) atoms. The highest BCUT2D eigenvalue weighted by molar-refractivity contribution is 5.21. The lowest BCUT2D eigenvalue weighted by atomic mass is 9.82. The number of piperidine rings is 1. The average Bonchev–Trinajstić information content (AvgIpc) is 2.60. The minimum atomic E-state index is 0.612.